The average Bonchev–Trinajstić information content (AvgIpc) is 2.64. The fourth-order valence-electron chi connectivity index (χ4n) is 3.21. The van der Waals surface area contributed by atoms with Gasteiger partial charge in [0, 0.05) is 10.8 Å². The molecule has 144 valence electrons. The first-order valence-electron chi connectivity index (χ1n) is 9.14. The molecule has 3 aromatic rings. The molecule has 6 heteroatoms. The second-order valence-electron chi connectivity index (χ2n) is 6.75. The van der Waals surface area contributed by atoms with Gasteiger partial charge in [-0.2, -0.15) is 8.42 Å². The summed E-state index contributed by atoms with van der Waals surface area (Å²) in [7, 11) is -4.32. The highest BCUT2D eigenvalue weighted by atomic mass is 32.2. The Morgan fingerprint density at radius 1 is 1.00 bits per heavy atom. The Labute approximate surface area is 159 Å². The van der Waals surface area contributed by atoms with Gasteiger partial charge in [-0.1, -0.05) is 56.5 Å². The van der Waals surface area contributed by atoms with Gasteiger partial charge in [0.1, 0.15) is 12.4 Å². The second kappa shape index (κ2) is 8.25. The van der Waals surface area contributed by atoms with E-state index in [0.29, 0.717) is 17.6 Å². The number of hydrogen-bond acceptors (Lipinski definition) is 4. The van der Waals surface area contributed by atoms with Crippen LogP contribution in [0.15, 0.2) is 53.4 Å². The summed E-state index contributed by atoms with van der Waals surface area (Å²) in [5.41, 5.74) is 0. The van der Waals surface area contributed by atoms with Crippen molar-refractivity contribution in [3.63, 3.8) is 0 Å². The van der Waals surface area contributed by atoms with E-state index < -0.39 is 16.2 Å². The SMILES string of the molecule is CCCCCC(O)COc1c2ccccc2cc2ccc(S(=O)(=O)O)cc12. The summed E-state index contributed by atoms with van der Waals surface area (Å²) in [5, 5.41) is 13.4. The summed E-state index contributed by atoms with van der Waals surface area (Å²) in [6, 6.07) is 14.0. The summed E-state index contributed by atoms with van der Waals surface area (Å²) in [5.74, 6) is 0.517. The van der Waals surface area contributed by atoms with Gasteiger partial charge in [0.05, 0.1) is 11.0 Å². The van der Waals surface area contributed by atoms with Crippen molar-refractivity contribution in [2.24, 2.45) is 0 Å². The van der Waals surface area contributed by atoms with Crippen LogP contribution >= 0.6 is 0 Å². The third kappa shape index (κ3) is 4.58. The summed E-state index contributed by atoms with van der Waals surface area (Å²) in [6.07, 6.45) is 3.15. The molecule has 0 bridgehead atoms. The number of aliphatic hydroxyl groups excluding tert-OH is 1. The molecule has 0 heterocycles. The lowest BCUT2D eigenvalue weighted by Crippen LogP contribution is -2.17. The van der Waals surface area contributed by atoms with E-state index in [4.69, 9.17) is 4.74 Å². The zero-order valence-electron chi connectivity index (χ0n) is 15.3. The molecule has 2 N–H and O–H groups in total. The fourth-order valence-corrected chi connectivity index (χ4v) is 3.72. The molecule has 0 aliphatic heterocycles. The quantitative estimate of drug-likeness (QED) is 0.336. The highest BCUT2D eigenvalue weighted by molar-refractivity contribution is 7.85. The molecular formula is C21H24O5S. The van der Waals surface area contributed by atoms with Gasteiger partial charge in [-0.05, 0) is 35.4 Å². The number of aliphatic hydroxyl groups is 1. The minimum absolute atomic E-state index is 0.128. The molecule has 1 atom stereocenters. The van der Waals surface area contributed by atoms with E-state index >= 15 is 0 Å². The van der Waals surface area contributed by atoms with Crippen LogP contribution in [0.1, 0.15) is 32.6 Å². The van der Waals surface area contributed by atoms with Crippen LogP contribution in [0.25, 0.3) is 21.5 Å². The van der Waals surface area contributed by atoms with E-state index in [9.17, 15) is 18.1 Å². The number of rotatable bonds is 8. The molecule has 0 amide bonds. The van der Waals surface area contributed by atoms with Crippen LogP contribution in [0.2, 0.25) is 0 Å². The van der Waals surface area contributed by atoms with Gasteiger partial charge < -0.3 is 9.84 Å². The van der Waals surface area contributed by atoms with Crippen molar-refractivity contribution in [1.82, 2.24) is 0 Å². The summed E-state index contributed by atoms with van der Waals surface area (Å²) < 4.78 is 38.4. The van der Waals surface area contributed by atoms with Gasteiger partial charge in [0.15, 0.2) is 0 Å². The van der Waals surface area contributed by atoms with E-state index in [-0.39, 0.29) is 11.5 Å². The molecule has 0 aliphatic carbocycles. The predicted octanol–water partition coefficient (Wildman–Crippen LogP) is 4.56. The lowest BCUT2D eigenvalue weighted by Gasteiger charge is -2.16. The van der Waals surface area contributed by atoms with Crippen molar-refractivity contribution >= 4 is 31.7 Å². The van der Waals surface area contributed by atoms with E-state index in [0.717, 1.165) is 35.4 Å². The first-order valence-corrected chi connectivity index (χ1v) is 10.6. The lowest BCUT2D eigenvalue weighted by atomic mass is 10.0. The maximum atomic E-state index is 11.5. The van der Waals surface area contributed by atoms with E-state index in [2.05, 4.69) is 6.92 Å². The molecule has 0 saturated heterocycles. The molecule has 0 aromatic heterocycles. The molecule has 3 rings (SSSR count). The van der Waals surface area contributed by atoms with Gasteiger partial charge in [0.25, 0.3) is 10.1 Å². The monoisotopic (exact) mass is 388 g/mol. The molecule has 0 fully saturated rings. The molecule has 5 nitrogen and oxygen atoms in total. The van der Waals surface area contributed by atoms with Gasteiger partial charge in [-0.3, -0.25) is 4.55 Å². The van der Waals surface area contributed by atoms with Crippen molar-refractivity contribution in [1.29, 1.82) is 0 Å². The third-order valence-electron chi connectivity index (χ3n) is 4.64. The molecule has 27 heavy (non-hydrogen) atoms. The van der Waals surface area contributed by atoms with Crippen LogP contribution in [0.3, 0.4) is 0 Å². The number of benzene rings is 3. The number of ether oxygens (including phenoxy) is 1. The van der Waals surface area contributed by atoms with Crippen LogP contribution in [-0.2, 0) is 10.1 Å². The van der Waals surface area contributed by atoms with E-state index in [1.165, 1.54) is 12.1 Å². The Kier molecular flexibility index (Phi) is 5.99. The molecule has 0 radical (unpaired) electrons. The molecule has 0 saturated carbocycles. The minimum Gasteiger partial charge on any atom is -0.490 e. The highest BCUT2D eigenvalue weighted by Crippen LogP contribution is 2.36. The largest absolute Gasteiger partial charge is 0.490 e. The first-order chi connectivity index (χ1) is 12.9. The van der Waals surface area contributed by atoms with Crippen molar-refractivity contribution in [2.45, 2.75) is 43.6 Å². The highest BCUT2D eigenvalue weighted by Gasteiger charge is 2.15. The lowest BCUT2D eigenvalue weighted by molar-refractivity contribution is 0.0991. The van der Waals surface area contributed by atoms with Crippen molar-refractivity contribution in [3.8, 4) is 5.75 Å². The number of hydrogen-bond donors (Lipinski definition) is 2. The summed E-state index contributed by atoms with van der Waals surface area (Å²) in [6.45, 7) is 2.24. The molecule has 3 aromatic carbocycles. The summed E-state index contributed by atoms with van der Waals surface area (Å²) >= 11 is 0. The maximum absolute atomic E-state index is 11.5. The van der Waals surface area contributed by atoms with Gasteiger partial charge in [-0.15, -0.1) is 0 Å². The Hall–Kier alpha value is -2.15. The van der Waals surface area contributed by atoms with Crippen LogP contribution in [0.5, 0.6) is 5.75 Å². The first kappa shape index (κ1) is 19.6. The molecule has 0 spiro atoms. The van der Waals surface area contributed by atoms with Crippen LogP contribution in [0, 0.1) is 0 Å². The molecular weight excluding hydrogens is 364 g/mol. The van der Waals surface area contributed by atoms with E-state index in [1.807, 2.05) is 30.3 Å². The smallest absolute Gasteiger partial charge is 0.294 e. The number of fused-ring (bicyclic) bond motifs is 2. The molecule has 1 unspecified atom stereocenters. The van der Waals surface area contributed by atoms with Crippen LogP contribution in [0.4, 0.5) is 0 Å². The van der Waals surface area contributed by atoms with Crippen molar-refractivity contribution in [2.75, 3.05) is 6.61 Å². The zero-order chi connectivity index (χ0) is 19.4. The Morgan fingerprint density at radius 2 is 1.74 bits per heavy atom. The van der Waals surface area contributed by atoms with E-state index in [1.54, 1.807) is 6.07 Å². The standard InChI is InChI=1S/C21H24O5S/c1-2-3-4-8-17(22)14-26-21-19-9-6-5-7-15(19)12-16-10-11-18(13-20(16)21)27(23,24)25/h5-7,9-13,17,22H,2-4,8,14H2,1H3,(H,23,24,25). The Bertz CT molecular complexity index is 1040. The average molecular weight is 388 g/mol. The Morgan fingerprint density at radius 3 is 2.48 bits per heavy atom. The third-order valence-corrected chi connectivity index (χ3v) is 5.49. The van der Waals surface area contributed by atoms with Crippen molar-refractivity contribution < 1.29 is 22.8 Å². The second-order valence-corrected chi connectivity index (χ2v) is 8.17. The normalized spacial score (nSPS) is 13.1. The number of unbranched alkanes of at least 4 members (excludes halogenated alkanes) is 2. The minimum atomic E-state index is -4.32. The zero-order valence-corrected chi connectivity index (χ0v) is 16.1. The van der Waals surface area contributed by atoms with Crippen LogP contribution in [-0.4, -0.2) is 30.8 Å². The topological polar surface area (TPSA) is 83.8 Å². The Balaban J connectivity index is 2.03. The maximum Gasteiger partial charge on any atom is 0.294 e. The summed E-state index contributed by atoms with van der Waals surface area (Å²) in [4.78, 5) is -0.182. The fraction of sp³-hybridized carbons (Fsp3) is 0.333. The predicted molar refractivity (Wildman–Crippen MR) is 107 cm³/mol. The van der Waals surface area contributed by atoms with Crippen LogP contribution < -0.4 is 4.74 Å². The van der Waals surface area contributed by atoms with Gasteiger partial charge in [-0.25, -0.2) is 0 Å². The van der Waals surface area contributed by atoms with Crippen molar-refractivity contribution in [3.05, 3.63) is 48.5 Å². The van der Waals surface area contributed by atoms with Gasteiger partial charge in [0.2, 0.25) is 0 Å². The van der Waals surface area contributed by atoms with Gasteiger partial charge >= 0.3 is 0 Å². The molecule has 0 aliphatic rings.